The molecule has 3 aromatic rings. The number of benzene rings is 3. The molecule has 0 bridgehead atoms. The predicted molar refractivity (Wildman–Crippen MR) is 196 cm³/mol. The van der Waals surface area contributed by atoms with Crippen LogP contribution in [0.5, 0.6) is 0 Å². The van der Waals surface area contributed by atoms with Crippen molar-refractivity contribution in [3.63, 3.8) is 0 Å². The summed E-state index contributed by atoms with van der Waals surface area (Å²) in [4.78, 5) is 2.18. The van der Waals surface area contributed by atoms with Crippen molar-refractivity contribution < 1.29 is 0 Å². The number of amidine groups is 2. The lowest BCUT2D eigenvalue weighted by Gasteiger charge is -2.35. The fraction of sp³-hybridized carbons (Fsp3) is 0.317. The molecule has 5 heteroatoms. The number of aryl methyl sites for hydroxylation is 2. The van der Waals surface area contributed by atoms with Gasteiger partial charge in [-0.3, -0.25) is 9.91 Å². The van der Waals surface area contributed by atoms with Crippen molar-refractivity contribution in [2.45, 2.75) is 74.3 Å². The van der Waals surface area contributed by atoms with Crippen LogP contribution in [-0.4, -0.2) is 27.7 Å². The zero-order valence-electron chi connectivity index (χ0n) is 28.8. The van der Waals surface area contributed by atoms with Gasteiger partial charge in [-0.05, 0) is 57.6 Å². The molecule has 1 aliphatic heterocycles. The Morgan fingerprint density at radius 3 is 1.98 bits per heavy atom. The van der Waals surface area contributed by atoms with Crippen molar-refractivity contribution in [2.24, 2.45) is 22.0 Å². The van der Waals surface area contributed by atoms with Gasteiger partial charge in [0.05, 0.1) is 0 Å². The molecule has 5 nitrogen and oxygen atoms in total. The summed E-state index contributed by atoms with van der Waals surface area (Å²) in [5.41, 5.74) is 7.46. The van der Waals surface area contributed by atoms with Crippen LogP contribution in [0.4, 0.5) is 5.69 Å². The Balaban J connectivity index is 2.13. The quantitative estimate of drug-likeness (QED) is 0.0990. The van der Waals surface area contributed by atoms with E-state index in [0.29, 0.717) is 5.92 Å². The molecule has 1 heterocycles. The molecular weight excluding hydrogens is 562 g/mol. The van der Waals surface area contributed by atoms with Gasteiger partial charge < -0.3 is 0 Å². The minimum atomic E-state index is -0.230. The Morgan fingerprint density at radius 2 is 1.48 bits per heavy atom. The second-order valence-electron chi connectivity index (χ2n) is 12.3. The Hall–Kier alpha value is -4.82. The number of hydrazone groups is 2. The number of hydrogen-bond donors (Lipinski definition) is 0. The van der Waals surface area contributed by atoms with Crippen molar-refractivity contribution in [3.05, 3.63) is 137 Å². The summed E-state index contributed by atoms with van der Waals surface area (Å²) in [6, 6.07) is 27.2. The summed E-state index contributed by atoms with van der Waals surface area (Å²) in [5.74, 6) is 5.01. The Kier molecular flexibility index (Phi) is 11.8. The molecule has 0 aromatic heterocycles. The van der Waals surface area contributed by atoms with Crippen molar-refractivity contribution in [1.29, 1.82) is 0 Å². The zero-order valence-corrected chi connectivity index (χ0v) is 28.8. The highest BCUT2D eigenvalue weighted by Gasteiger charge is 2.28. The monoisotopic (exact) mass is 611 g/mol. The zero-order chi connectivity index (χ0) is 33.2. The highest BCUT2D eigenvalue weighted by molar-refractivity contribution is 6.29. The van der Waals surface area contributed by atoms with E-state index in [0.717, 1.165) is 52.7 Å². The standard InChI is InChI=1S/C41H49N5/c1-10-36(11-2)46(38(12-3)30(4)5)43-41(35-27-23-33(9)24-28-35)45(37-18-14-13-15-19-37)40(34-25-21-32(8)22-26-34)42-44-29-17-16-20-39(44)31(6)7/h1,12-15,17-31,36H,11,16H2,2-9H3/b38-12-,42-40+,43-41+. The van der Waals surface area contributed by atoms with E-state index in [1.807, 2.05) is 16.1 Å². The molecule has 1 aliphatic rings. The first-order valence-corrected chi connectivity index (χ1v) is 16.4. The first kappa shape index (κ1) is 34.1. The van der Waals surface area contributed by atoms with E-state index in [9.17, 15) is 0 Å². The number of anilines is 1. The summed E-state index contributed by atoms with van der Waals surface area (Å²) in [6.45, 7) is 17.2. The average Bonchev–Trinajstić information content (AvgIpc) is 3.06. The second kappa shape index (κ2) is 16.0. The number of para-hydroxylation sites is 1. The number of nitrogens with zero attached hydrogens (tertiary/aromatic N) is 5. The van der Waals surface area contributed by atoms with E-state index in [1.165, 1.54) is 11.1 Å². The fourth-order valence-electron chi connectivity index (χ4n) is 5.51. The summed E-state index contributed by atoms with van der Waals surface area (Å²) < 4.78 is 0. The van der Waals surface area contributed by atoms with Crippen LogP contribution in [0.1, 0.15) is 76.6 Å². The van der Waals surface area contributed by atoms with Crippen molar-refractivity contribution in [2.75, 3.05) is 4.90 Å². The maximum Gasteiger partial charge on any atom is 0.167 e. The van der Waals surface area contributed by atoms with Crippen molar-refractivity contribution in [3.8, 4) is 12.3 Å². The van der Waals surface area contributed by atoms with Gasteiger partial charge in [0.15, 0.2) is 11.7 Å². The normalized spacial score (nSPS) is 14.8. The number of terminal acetylenes is 1. The van der Waals surface area contributed by atoms with Gasteiger partial charge in [-0.1, -0.05) is 137 Å². The van der Waals surface area contributed by atoms with Gasteiger partial charge in [0, 0.05) is 34.4 Å². The van der Waals surface area contributed by atoms with Crippen LogP contribution < -0.4 is 4.90 Å². The van der Waals surface area contributed by atoms with Crippen LogP contribution in [-0.2, 0) is 0 Å². The SMILES string of the molecule is C#CC(CC)N(/N=C(\c1ccc(C)cc1)N(/C(=N/N1C=CCC=C1C(C)C)c1ccc(C)cc1)c1ccccc1)/C(=C\C)C(C)C. The van der Waals surface area contributed by atoms with Crippen LogP contribution in [0.2, 0.25) is 0 Å². The Morgan fingerprint density at radius 1 is 0.891 bits per heavy atom. The smallest absolute Gasteiger partial charge is 0.167 e. The molecule has 0 spiro atoms. The van der Waals surface area contributed by atoms with Crippen LogP contribution >= 0.6 is 0 Å². The van der Waals surface area contributed by atoms with Gasteiger partial charge >= 0.3 is 0 Å². The van der Waals surface area contributed by atoms with Crippen molar-refractivity contribution >= 4 is 17.4 Å². The third-order valence-corrected chi connectivity index (χ3v) is 8.05. The van der Waals surface area contributed by atoms with E-state index in [4.69, 9.17) is 16.6 Å². The van der Waals surface area contributed by atoms with Crippen LogP contribution in [0.15, 0.2) is 125 Å². The third kappa shape index (κ3) is 8.06. The van der Waals surface area contributed by atoms with E-state index in [-0.39, 0.29) is 12.0 Å². The highest BCUT2D eigenvalue weighted by atomic mass is 15.5. The van der Waals surface area contributed by atoms with Crippen LogP contribution in [0.3, 0.4) is 0 Å². The molecule has 238 valence electrons. The number of allylic oxidation sites excluding steroid dienone is 5. The molecule has 0 amide bonds. The van der Waals surface area contributed by atoms with E-state index in [1.54, 1.807) is 0 Å². The van der Waals surface area contributed by atoms with E-state index >= 15 is 0 Å². The largest absolute Gasteiger partial charge is 0.275 e. The lowest BCUT2D eigenvalue weighted by atomic mass is 10.1. The fourth-order valence-corrected chi connectivity index (χ4v) is 5.51. The lowest BCUT2D eigenvalue weighted by Crippen LogP contribution is -2.42. The molecule has 0 aliphatic carbocycles. The molecular formula is C41H49N5. The topological polar surface area (TPSA) is 34.4 Å². The molecule has 0 radical (unpaired) electrons. The molecule has 4 rings (SSSR count). The predicted octanol–water partition coefficient (Wildman–Crippen LogP) is 9.87. The Labute approximate surface area is 277 Å². The minimum Gasteiger partial charge on any atom is -0.275 e. The lowest BCUT2D eigenvalue weighted by molar-refractivity contribution is 0.279. The van der Waals surface area contributed by atoms with Gasteiger partial charge in [0.2, 0.25) is 0 Å². The van der Waals surface area contributed by atoms with E-state index in [2.05, 4.69) is 163 Å². The average molecular weight is 612 g/mol. The Bertz CT molecular complexity index is 1630. The summed E-state index contributed by atoms with van der Waals surface area (Å²) in [5, 5.41) is 15.0. The molecule has 0 saturated carbocycles. The molecule has 1 atom stereocenters. The van der Waals surface area contributed by atoms with Gasteiger partial charge in [0.25, 0.3) is 0 Å². The number of rotatable bonds is 10. The maximum absolute atomic E-state index is 6.18. The van der Waals surface area contributed by atoms with E-state index < -0.39 is 0 Å². The van der Waals surface area contributed by atoms with Gasteiger partial charge in [0.1, 0.15) is 6.04 Å². The molecule has 46 heavy (non-hydrogen) atoms. The first-order chi connectivity index (χ1) is 22.2. The molecule has 0 saturated heterocycles. The molecule has 1 unspecified atom stereocenters. The van der Waals surface area contributed by atoms with Crippen LogP contribution in [0, 0.1) is 38.0 Å². The first-order valence-electron chi connectivity index (χ1n) is 16.4. The van der Waals surface area contributed by atoms with Gasteiger partial charge in [-0.15, -0.1) is 11.5 Å². The second-order valence-corrected chi connectivity index (χ2v) is 12.3. The summed E-state index contributed by atoms with van der Waals surface area (Å²) in [7, 11) is 0. The molecule has 0 fully saturated rings. The third-order valence-electron chi connectivity index (χ3n) is 8.05. The number of hydrogen-bond acceptors (Lipinski definition) is 4. The van der Waals surface area contributed by atoms with Gasteiger partial charge in [-0.2, -0.15) is 5.10 Å². The van der Waals surface area contributed by atoms with Crippen LogP contribution in [0.25, 0.3) is 0 Å². The summed E-state index contributed by atoms with van der Waals surface area (Å²) >= 11 is 0. The van der Waals surface area contributed by atoms with Crippen molar-refractivity contribution in [1.82, 2.24) is 10.0 Å². The summed E-state index contributed by atoms with van der Waals surface area (Å²) in [6.07, 6.45) is 16.4. The molecule has 0 N–H and O–H groups in total. The minimum absolute atomic E-state index is 0.211. The maximum atomic E-state index is 6.18. The van der Waals surface area contributed by atoms with Gasteiger partial charge in [-0.25, -0.2) is 5.01 Å². The molecule has 3 aromatic carbocycles. The highest BCUT2D eigenvalue weighted by Crippen LogP contribution is 2.28.